The van der Waals surface area contributed by atoms with E-state index < -0.39 is 16.5 Å². The monoisotopic (exact) mass is 428 g/mol. The molecule has 0 atom stereocenters. The van der Waals surface area contributed by atoms with Crippen molar-refractivity contribution in [1.29, 1.82) is 0 Å². The molecule has 0 saturated carbocycles. The van der Waals surface area contributed by atoms with Crippen molar-refractivity contribution in [3.63, 3.8) is 0 Å². The summed E-state index contributed by atoms with van der Waals surface area (Å²) in [5.41, 5.74) is 0. The molecule has 5 nitrogen and oxygen atoms in total. The molecule has 1 N–H and O–H groups in total. The lowest BCUT2D eigenvalue weighted by molar-refractivity contribution is 0.480. The van der Waals surface area contributed by atoms with E-state index in [0.717, 1.165) is 6.07 Å². The first-order valence-electron chi connectivity index (χ1n) is 4.75. The Hall–Kier alpha value is -0.640. The van der Waals surface area contributed by atoms with Crippen LogP contribution in [0.5, 0.6) is 5.75 Å². The highest BCUT2D eigenvalue weighted by molar-refractivity contribution is 9.47. The molecule has 102 valence electrons. The summed E-state index contributed by atoms with van der Waals surface area (Å²) in [6.45, 7) is 0. The van der Waals surface area contributed by atoms with Crippen LogP contribution in [0.1, 0.15) is 0 Å². The molecule has 19 heavy (non-hydrogen) atoms. The Labute approximate surface area is 124 Å². The van der Waals surface area contributed by atoms with E-state index in [1.807, 2.05) is 0 Å². The maximum absolute atomic E-state index is 11.4. The minimum Gasteiger partial charge on any atom is -0.507 e. The van der Waals surface area contributed by atoms with Gasteiger partial charge in [-0.25, -0.2) is 16.8 Å². The Morgan fingerprint density at radius 3 is 1.89 bits per heavy atom. The topological polar surface area (TPSA) is 88.5 Å². The van der Waals surface area contributed by atoms with Gasteiger partial charge in [-0.1, -0.05) is 0 Å². The second-order valence-corrected chi connectivity index (χ2v) is 11.5. The lowest BCUT2D eigenvalue weighted by atomic mass is 10.1. The van der Waals surface area contributed by atoms with Crippen LogP contribution in [0.4, 0.5) is 0 Å². The lowest BCUT2D eigenvalue weighted by Crippen LogP contribution is -1.92. The fraction of sp³-hybridized carbons (Fsp3) is 0. The van der Waals surface area contributed by atoms with E-state index in [9.17, 15) is 21.9 Å². The SMILES string of the molecule is O=S(=O)(Br)c1ccc2c(O)cc(S(=O)(=O)Br)cc2c1. The minimum atomic E-state index is -3.67. The Morgan fingerprint density at radius 1 is 0.842 bits per heavy atom. The van der Waals surface area contributed by atoms with Crippen LogP contribution in [0.25, 0.3) is 10.8 Å². The molecule has 2 aromatic rings. The summed E-state index contributed by atoms with van der Waals surface area (Å²) in [5, 5.41) is 10.4. The van der Waals surface area contributed by atoms with Crippen LogP contribution >= 0.6 is 29.6 Å². The number of phenols is 1. The fourth-order valence-corrected chi connectivity index (χ4v) is 3.78. The standard InChI is InChI=1S/C10H6Br2O5S2/c11-18(14,15)7-1-2-9-6(3-7)4-8(5-10(9)13)19(12,16)17/h1-5,13H. The summed E-state index contributed by atoms with van der Waals surface area (Å²) in [4.78, 5) is -0.176. The zero-order chi connectivity index (χ0) is 14.4. The Bertz CT molecular complexity index is 867. The van der Waals surface area contributed by atoms with Gasteiger partial charge in [0.15, 0.2) is 0 Å². The van der Waals surface area contributed by atoms with Crippen LogP contribution in [0.15, 0.2) is 40.1 Å². The van der Waals surface area contributed by atoms with Gasteiger partial charge in [0.05, 0.1) is 39.4 Å². The predicted molar refractivity (Wildman–Crippen MR) is 77.8 cm³/mol. The molecular weight excluding hydrogens is 424 g/mol. The van der Waals surface area contributed by atoms with Gasteiger partial charge in [-0.15, -0.1) is 0 Å². The summed E-state index contributed by atoms with van der Waals surface area (Å²) in [5.74, 6) is -0.242. The van der Waals surface area contributed by atoms with Crippen molar-refractivity contribution in [3.05, 3.63) is 30.3 Å². The molecule has 2 rings (SSSR count). The van der Waals surface area contributed by atoms with Crippen LogP contribution in [0.2, 0.25) is 0 Å². The van der Waals surface area contributed by atoms with Gasteiger partial charge in [0.2, 0.25) is 16.5 Å². The lowest BCUT2D eigenvalue weighted by Gasteiger charge is -2.05. The number of hydrogen-bond acceptors (Lipinski definition) is 5. The summed E-state index contributed by atoms with van der Waals surface area (Å²) in [6.07, 6.45) is 0. The van der Waals surface area contributed by atoms with Crippen molar-refractivity contribution in [3.8, 4) is 5.75 Å². The fourth-order valence-electron chi connectivity index (χ4n) is 1.59. The zero-order valence-electron chi connectivity index (χ0n) is 9.04. The van der Waals surface area contributed by atoms with E-state index in [-0.39, 0.29) is 15.5 Å². The first-order chi connectivity index (χ1) is 8.59. The van der Waals surface area contributed by atoms with Gasteiger partial charge in [0, 0.05) is 11.5 Å². The number of fused-ring (bicyclic) bond motifs is 1. The van der Waals surface area contributed by atoms with Crippen LogP contribution < -0.4 is 0 Å². The highest BCUT2D eigenvalue weighted by Gasteiger charge is 2.15. The maximum Gasteiger partial charge on any atom is 0.237 e. The second-order valence-electron chi connectivity index (χ2n) is 3.70. The molecule has 0 aliphatic rings. The number of benzene rings is 2. The van der Waals surface area contributed by atoms with Crippen molar-refractivity contribution < 1.29 is 21.9 Å². The third-order valence-electron chi connectivity index (χ3n) is 2.44. The summed E-state index contributed by atoms with van der Waals surface area (Å²) in [7, 11) is -7.26. The van der Waals surface area contributed by atoms with Crippen molar-refractivity contribution in [2.24, 2.45) is 0 Å². The molecule has 0 heterocycles. The van der Waals surface area contributed by atoms with E-state index in [0.29, 0.717) is 10.8 Å². The number of halogens is 2. The summed E-state index contributed by atoms with van der Waals surface area (Å²) >= 11 is 5.03. The van der Waals surface area contributed by atoms with Crippen LogP contribution in [-0.2, 0) is 16.5 Å². The van der Waals surface area contributed by atoms with Gasteiger partial charge < -0.3 is 5.11 Å². The van der Waals surface area contributed by atoms with Crippen molar-refractivity contribution in [1.82, 2.24) is 0 Å². The Balaban J connectivity index is 2.85. The molecule has 0 fully saturated rings. The minimum absolute atomic E-state index is 0.0245. The van der Waals surface area contributed by atoms with Crippen LogP contribution in [0.3, 0.4) is 0 Å². The van der Waals surface area contributed by atoms with Crippen molar-refractivity contribution >= 4 is 56.9 Å². The van der Waals surface area contributed by atoms with Gasteiger partial charge in [0.1, 0.15) is 5.75 Å². The van der Waals surface area contributed by atoms with Crippen molar-refractivity contribution in [2.75, 3.05) is 0 Å². The Kier molecular flexibility index (Phi) is 3.67. The molecular formula is C10H6Br2O5S2. The van der Waals surface area contributed by atoms with E-state index >= 15 is 0 Å². The van der Waals surface area contributed by atoms with E-state index in [1.165, 1.54) is 24.3 Å². The molecule has 0 unspecified atom stereocenters. The molecule has 0 bridgehead atoms. The summed E-state index contributed by atoms with van der Waals surface area (Å²) in [6, 6.07) is 6.37. The normalized spacial score (nSPS) is 12.7. The number of hydrogen-bond donors (Lipinski definition) is 1. The van der Waals surface area contributed by atoms with E-state index in [4.69, 9.17) is 0 Å². The highest BCUT2D eigenvalue weighted by atomic mass is 79.9. The van der Waals surface area contributed by atoms with E-state index in [1.54, 1.807) is 0 Å². The molecule has 0 aliphatic heterocycles. The molecule has 2 aromatic carbocycles. The largest absolute Gasteiger partial charge is 0.507 e. The third-order valence-corrected chi connectivity index (χ3v) is 6.30. The first kappa shape index (κ1) is 14.8. The molecule has 0 radical (unpaired) electrons. The third kappa shape index (κ3) is 3.10. The highest BCUT2D eigenvalue weighted by Crippen LogP contribution is 2.32. The quantitative estimate of drug-likeness (QED) is 0.741. The Morgan fingerprint density at radius 2 is 1.37 bits per heavy atom. The van der Waals surface area contributed by atoms with Crippen LogP contribution in [-0.4, -0.2) is 21.9 Å². The first-order valence-corrected chi connectivity index (χ1v) is 11.4. The molecule has 0 aliphatic carbocycles. The smallest absolute Gasteiger partial charge is 0.237 e. The average molecular weight is 430 g/mol. The van der Waals surface area contributed by atoms with Gasteiger partial charge in [0.25, 0.3) is 0 Å². The molecule has 9 heteroatoms. The predicted octanol–water partition coefficient (Wildman–Crippen LogP) is 2.71. The number of rotatable bonds is 2. The van der Waals surface area contributed by atoms with Gasteiger partial charge in [-0.05, 0) is 29.7 Å². The molecule has 0 aromatic heterocycles. The van der Waals surface area contributed by atoms with E-state index in [2.05, 4.69) is 29.6 Å². The number of phenolic OH excluding ortho intramolecular Hbond substituents is 1. The molecule has 0 saturated heterocycles. The summed E-state index contributed by atoms with van der Waals surface area (Å²) < 4.78 is 45.5. The van der Waals surface area contributed by atoms with Crippen molar-refractivity contribution in [2.45, 2.75) is 9.79 Å². The maximum atomic E-state index is 11.4. The van der Waals surface area contributed by atoms with Gasteiger partial charge in [-0.3, -0.25) is 0 Å². The average Bonchev–Trinajstić information content (AvgIpc) is 2.25. The van der Waals surface area contributed by atoms with Gasteiger partial charge >= 0.3 is 0 Å². The molecule has 0 amide bonds. The second kappa shape index (κ2) is 4.72. The van der Waals surface area contributed by atoms with Gasteiger partial charge in [-0.2, -0.15) is 0 Å². The van der Waals surface area contributed by atoms with Crippen LogP contribution in [0, 0.1) is 0 Å². The molecule has 0 spiro atoms. The number of aromatic hydroxyl groups is 1. The zero-order valence-corrected chi connectivity index (χ0v) is 13.8.